The molecule has 7 heteroatoms. The highest BCUT2D eigenvalue weighted by atomic mass is 32.1. The van der Waals surface area contributed by atoms with Gasteiger partial charge in [-0.05, 0) is 48.4 Å². The van der Waals surface area contributed by atoms with Crippen molar-refractivity contribution < 1.29 is 4.79 Å². The average molecular weight is 438 g/mol. The van der Waals surface area contributed by atoms with Gasteiger partial charge in [-0.25, -0.2) is 4.98 Å². The van der Waals surface area contributed by atoms with Crippen LogP contribution in [0.3, 0.4) is 0 Å². The first-order chi connectivity index (χ1) is 15.0. The lowest BCUT2D eigenvalue weighted by Crippen LogP contribution is -2.48. The van der Waals surface area contributed by atoms with E-state index in [9.17, 15) is 4.79 Å². The van der Waals surface area contributed by atoms with Crippen LogP contribution in [0.2, 0.25) is 0 Å². The van der Waals surface area contributed by atoms with Crippen molar-refractivity contribution in [3.05, 3.63) is 53.6 Å². The van der Waals surface area contributed by atoms with Crippen LogP contribution < -0.4 is 15.1 Å². The number of hydrogen-bond acceptors (Lipinski definition) is 6. The van der Waals surface area contributed by atoms with E-state index in [4.69, 9.17) is 4.98 Å². The van der Waals surface area contributed by atoms with Crippen molar-refractivity contribution >= 4 is 38.3 Å². The molecule has 0 bridgehead atoms. The van der Waals surface area contributed by atoms with Gasteiger partial charge in [0.15, 0.2) is 5.13 Å². The van der Waals surface area contributed by atoms with Crippen LogP contribution in [0.15, 0.2) is 42.5 Å². The molecule has 0 atom stereocenters. The van der Waals surface area contributed by atoms with Crippen LogP contribution in [0.25, 0.3) is 10.2 Å². The second kappa shape index (κ2) is 9.66. The fraction of sp³-hybridized carbons (Fsp3) is 0.417. The van der Waals surface area contributed by atoms with Crippen LogP contribution in [0.4, 0.5) is 10.8 Å². The van der Waals surface area contributed by atoms with Gasteiger partial charge < -0.3 is 15.1 Å². The van der Waals surface area contributed by atoms with Gasteiger partial charge in [0.2, 0.25) is 0 Å². The predicted molar refractivity (Wildman–Crippen MR) is 131 cm³/mol. The van der Waals surface area contributed by atoms with Gasteiger partial charge in [-0.15, -0.1) is 0 Å². The number of hydrogen-bond donors (Lipinski definition) is 1. The zero-order chi connectivity index (χ0) is 21.8. The molecule has 6 nitrogen and oxygen atoms in total. The molecule has 1 saturated heterocycles. The fourth-order valence-corrected chi connectivity index (χ4v) is 4.90. The molecule has 1 aliphatic rings. The van der Waals surface area contributed by atoms with E-state index in [0.717, 1.165) is 55.5 Å². The second-order valence-corrected chi connectivity index (χ2v) is 9.19. The van der Waals surface area contributed by atoms with Crippen LogP contribution in [0.5, 0.6) is 0 Å². The summed E-state index contributed by atoms with van der Waals surface area (Å²) in [7, 11) is 3.99. The lowest BCUT2D eigenvalue weighted by molar-refractivity contribution is 0.0948. The third-order valence-corrected chi connectivity index (χ3v) is 6.93. The van der Waals surface area contributed by atoms with Crippen LogP contribution >= 0.6 is 11.3 Å². The summed E-state index contributed by atoms with van der Waals surface area (Å²) in [5.41, 5.74) is 4.26. The minimum absolute atomic E-state index is 0.00938. The number of fused-ring (bicyclic) bond motifs is 1. The minimum Gasteiger partial charge on any atom is -0.378 e. The number of anilines is 2. The van der Waals surface area contributed by atoms with Gasteiger partial charge in [-0.2, -0.15) is 0 Å². The Balaban J connectivity index is 1.23. The van der Waals surface area contributed by atoms with Crippen LogP contribution in [0, 0.1) is 0 Å². The van der Waals surface area contributed by atoms with Gasteiger partial charge >= 0.3 is 0 Å². The van der Waals surface area contributed by atoms with E-state index in [-0.39, 0.29) is 5.91 Å². The van der Waals surface area contributed by atoms with E-state index in [1.807, 2.05) is 43.3 Å². The van der Waals surface area contributed by atoms with Crippen molar-refractivity contribution in [2.75, 3.05) is 63.2 Å². The molecule has 1 fully saturated rings. The first kappa shape index (κ1) is 21.6. The number of amides is 1. The molecule has 4 rings (SSSR count). The average Bonchev–Trinajstić information content (AvgIpc) is 3.22. The maximum absolute atomic E-state index is 12.4. The normalized spacial score (nSPS) is 14.7. The highest BCUT2D eigenvalue weighted by molar-refractivity contribution is 7.22. The lowest BCUT2D eigenvalue weighted by Gasteiger charge is -2.34. The molecule has 1 aliphatic heterocycles. The monoisotopic (exact) mass is 437 g/mol. The van der Waals surface area contributed by atoms with E-state index in [2.05, 4.69) is 40.2 Å². The Morgan fingerprint density at radius 2 is 1.84 bits per heavy atom. The number of nitrogens with one attached hydrogen (secondary N) is 1. The van der Waals surface area contributed by atoms with E-state index in [0.29, 0.717) is 12.1 Å². The molecular formula is C24H31N5OS. The predicted octanol–water partition coefficient (Wildman–Crippen LogP) is 3.48. The molecule has 0 spiro atoms. The number of rotatable bonds is 7. The number of carbonyl (C=O) groups excluding carboxylic acids is 1. The zero-order valence-electron chi connectivity index (χ0n) is 18.6. The summed E-state index contributed by atoms with van der Waals surface area (Å²) in [5.74, 6) is -0.00938. The van der Waals surface area contributed by atoms with Gasteiger partial charge in [0.1, 0.15) is 0 Å². The number of carbonyl (C=O) groups is 1. The first-order valence-electron chi connectivity index (χ1n) is 11.0. The number of piperazine rings is 1. The molecule has 0 saturated carbocycles. The van der Waals surface area contributed by atoms with Crippen molar-refractivity contribution in [1.82, 2.24) is 15.2 Å². The first-order valence-corrected chi connectivity index (χ1v) is 11.8. The van der Waals surface area contributed by atoms with Crippen molar-refractivity contribution in [3.63, 3.8) is 0 Å². The van der Waals surface area contributed by atoms with Crippen molar-refractivity contribution in [2.24, 2.45) is 0 Å². The standard InChI is InChI=1S/C24H31N5OS/c1-4-18-5-10-21-22(17-18)31-24(26-21)29-15-13-28(14-16-29)12-11-25-23(30)19-6-8-20(9-7-19)27(2)3/h5-10,17H,4,11-16H2,1-3H3,(H,25,30). The molecule has 1 amide bonds. The smallest absolute Gasteiger partial charge is 0.251 e. The maximum Gasteiger partial charge on any atom is 0.251 e. The molecule has 31 heavy (non-hydrogen) atoms. The van der Waals surface area contributed by atoms with E-state index >= 15 is 0 Å². The molecule has 0 aliphatic carbocycles. The third-order valence-electron chi connectivity index (χ3n) is 5.85. The highest BCUT2D eigenvalue weighted by Gasteiger charge is 2.20. The van der Waals surface area contributed by atoms with Gasteiger partial charge in [0.25, 0.3) is 5.91 Å². The Bertz CT molecular complexity index is 1020. The number of nitrogens with zero attached hydrogens (tertiary/aromatic N) is 4. The molecule has 2 aromatic carbocycles. The van der Waals surface area contributed by atoms with Crippen LogP contribution in [0.1, 0.15) is 22.8 Å². The highest BCUT2D eigenvalue weighted by Crippen LogP contribution is 2.30. The SMILES string of the molecule is CCc1ccc2nc(N3CCN(CCNC(=O)c4ccc(N(C)C)cc4)CC3)sc2c1. The summed E-state index contributed by atoms with van der Waals surface area (Å²) in [5, 5.41) is 4.17. The zero-order valence-corrected chi connectivity index (χ0v) is 19.4. The summed E-state index contributed by atoms with van der Waals surface area (Å²) in [6.07, 6.45) is 1.06. The molecule has 2 heterocycles. The Hall–Kier alpha value is -2.64. The Morgan fingerprint density at radius 3 is 2.52 bits per heavy atom. The van der Waals surface area contributed by atoms with E-state index < -0.39 is 0 Å². The molecule has 1 aromatic heterocycles. The largest absolute Gasteiger partial charge is 0.378 e. The molecule has 3 aromatic rings. The Labute approximate surface area is 188 Å². The summed E-state index contributed by atoms with van der Waals surface area (Å²) >= 11 is 1.79. The summed E-state index contributed by atoms with van der Waals surface area (Å²) in [4.78, 5) is 24.0. The second-order valence-electron chi connectivity index (χ2n) is 8.18. The fourth-order valence-electron chi connectivity index (χ4n) is 3.82. The van der Waals surface area contributed by atoms with E-state index in [1.54, 1.807) is 11.3 Å². The number of thiazole rings is 1. The maximum atomic E-state index is 12.4. The van der Waals surface area contributed by atoms with Gasteiger partial charge in [-0.3, -0.25) is 9.69 Å². The summed E-state index contributed by atoms with van der Waals surface area (Å²) < 4.78 is 1.28. The number of aromatic nitrogens is 1. The summed E-state index contributed by atoms with van der Waals surface area (Å²) in [6, 6.07) is 14.3. The molecule has 0 unspecified atom stereocenters. The van der Waals surface area contributed by atoms with Gasteiger partial charge in [0, 0.05) is 64.6 Å². The van der Waals surface area contributed by atoms with Crippen LogP contribution in [-0.4, -0.2) is 69.2 Å². The Kier molecular flexibility index (Phi) is 6.73. The molecule has 1 N–H and O–H groups in total. The van der Waals surface area contributed by atoms with Crippen molar-refractivity contribution in [3.8, 4) is 0 Å². The van der Waals surface area contributed by atoms with Crippen molar-refractivity contribution in [1.29, 1.82) is 0 Å². The lowest BCUT2D eigenvalue weighted by atomic mass is 10.2. The Morgan fingerprint density at radius 1 is 1.10 bits per heavy atom. The topological polar surface area (TPSA) is 51.7 Å². The quantitative estimate of drug-likeness (QED) is 0.613. The molecular weight excluding hydrogens is 406 g/mol. The van der Waals surface area contributed by atoms with Crippen LogP contribution in [-0.2, 0) is 6.42 Å². The van der Waals surface area contributed by atoms with Gasteiger partial charge in [0.05, 0.1) is 10.2 Å². The summed E-state index contributed by atoms with van der Waals surface area (Å²) in [6.45, 7) is 7.64. The van der Waals surface area contributed by atoms with Gasteiger partial charge in [-0.1, -0.05) is 24.3 Å². The number of benzene rings is 2. The molecule has 164 valence electrons. The van der Waals surface area contributed by atoms with E-state index in [1.165, 1.54) is 10.3 Å². The molecule has 0 radical (unpaired) electrons. The van der Waals surface area contributed by atoms with Crippen molar-refractivity contribution in [2.45, 2.75) is 13.3 Å². The third kappa shape index (κ3) is 5.17. The number of aryl methyl sites for hydroxylation is 1. The minimum atomic E-state index is -0.00938.